The summed E-state index contributed by atoms with van der Waals surface area (Å²) < 4.78 is 5.15. The number of hydrogen-bond acceptors (Lipinski definition) is 4. The van der Waals surface area contributed by atoms with E-state index in [1.165, 1.54) is 0 Å². The van der Waals surface area contributed by atoms with E-state index < -0.39 is 0 Å². The monoisotopic (exact) mass is 490 g/mol. The van der Waals surface area contributed by atoms with Gasteiger partial charge in [0.05, 0.1) is 7.11 Å². The number of rotatable bonds is 6. The zero-order chi connectivity index (χ0) is 25.1. The molecule has 36 heavy (non-hydrogen) atoms. The number of carbonyl (C=O) groups excluding carboxylic acids is 3. The van der Waals surface area contributed by atoms with E-state index in [9.17, 15) is 14.4 Å². The Kier molecular flexibility index (Phi) is 6.85. The lowest BCUT2D eigenvalue weighted by Gasteiger charge is -2.57. The summed E-state index contributed by atoms with van der Waals surface area (Å²) in [5.41, 5.74) is 1.92. The molecule has 1 spiro atoms. The molecule has 3 fully saturated rings. The molecule has 0 atom stereocenters. The largest absolute Gasteiger partial charge is 0.497 e. The smallest absolute Gasteiger partial charge is 0.315 e. The summed E-state index contributed by atoms with van der Waals surface area (Å²) in [6.07, 6.45) is 3.68. The van der Waals surface area contributed by atoms with Crippen LogP contribution < -0.4 is 15.4 Å². The molecule has 0 radical (unpaired) electrons. The molecule has 0 bridgehead atoms. The van der Waals surface area contributed by atoms with Crippen LogP contribution in [0.3, 0.4) is 0 Å². The number of benzene rings is 2. The number of methoxy groups -OCH3 is 1. The zero-order valence-corrected chi connectivity index (χ0v) is 20.7. The lowest BCUT2D eigenvalue weighted by atomic mass is 9.50. The number of carbonyl (C=O) groups is 3. The van der Waals surface area contributed by atoms with Gasteiger partial charge in [-0.3, -0.25) is 9.59 Å². The van der Waals surface area contributed by atoms with Crippen LogP contribution in [0.2, 0.25) is 0 Å². The first kappa shape index (κ1) is 24.2. The van der Waals surface area contributed by atoms with Crippen molar-refractivity contribution >= 4 is 17.8 Å². The van der Waals surface area contributed by atoms with Crippen molar-refractivity contribution in [3.8, 4) is 5.75 Å². The third-order valence-electron chi connectivity index (χ3n) is 7.91. The molecule has 4 amide bonds. The topological polar surface area (TPSA) is 91.0 Å². The highest BCUT2D eigenvalue weighted by Gasteiger charge is 2.55. The number of hydrogen-bond donors (Lipinski definition) is 2. The molecule has 5 rings (SSSR count). The minimum absolute atomic E-state index is 0.0337. The number of nitrogens with zero attached hydrogens (tertiary/aromatic N) is 2. The maximum Gasteiger partial charge on any atom is 0.315 e. The molecular weight excluding hydrogens is 456 g/mol. The van der Waals surface area contributed by atoms with Crippen LogP contribution in [0.5, 0.6) is 5.75 Å². The molecular formula is C28H34N4O4. The van der Waals surface area contributed by atoms with E-state index in [-0.39, 0.29) is 35.2 Å². The third kappa shape index (κ3) is 5.17. The predicted molar refractivity (Wildman–Crippen MR) is 135 cm³/mol. The third-order valence-corrected chi connectivity index (χ3v) is 7.91. The van der Waals surface area contributed by atoms with Crippen molar-refractivity contribution in [1.29, 1.82) is 0 Å². The van der Waals surface area contributed by atoms with Crippen molar-refractivity contribution < 1.29 is 19.1 Å². The fourth-order valence-electron chi connectivity index (χ4n) is 5.89. The van der Waals surface area contributed by atoms with E-state index >= 15 is 0 Å². The summed E-state index contributed by atoms with van der Waals surface area (Å²) in [7, 11) is 1.63. The summed E-state index contributed by atoms with van der Waals surface area (Å²) in [5.74, 6) is 1.12. The molecule has 0 unspecified atom stereocenters. The quantitative estimate of drug-likeness (QED) is 0.651. The molecule has 8 heteroatoms. The highest BCUT2D eigenvalue weighted by Crippen LogP contribution is 2.59. The summed E-state index contributed by atoms with van der Waals surface area (Å²) in [5, 5.41) is 5.97. The predicted octanol–water partition coefficient (Wildman–Crippen LogP) is 3.04. The van der Waals surface area contributed by atoms with Crippen LogP contribution in [-0.4, -0.2) is 67.0 Å². The van der Waals surface area contributed by atoms with Gasteiger partial charge in [0.1, 0.15) is 5.75 Å². The van der Waals surface area contributed by atoms with Crippen LogP contribution in [0.4, 0.5) is 4.79 Å². The van der Waals surface area contributed by atoms with Crippen molar-refractivity contribution in [2.45, 2.75) is 38.3 Å². The number of ether oxygens (including phenoxy) is 1. The molecule has 0 aromatic heterocycles. The average Bonchev–Trinajstić information content (AvgIpc) is 2.88. The van der Waals surface area contributed by atoms with Crippen molar-refractivity contribution in [3.63, 3.8) is 0 Å². The second-order valence-corrected chi connectivity index (χ2v) is 10.4. The van der Waals surface area contributed by atoms with Gasteiger partial charge < -0.3 is 25.2 Å². The van der Waals surface area contributed by atoms with Gasteiger partial charge in [0.15, 0.2) is 0 Å². The van der Waals surface area contributed by atoms with E-state index in [0.29, 0.717) is 38.3 Å². The van der Waals surface area contributed by atoms with Crippen LogP contribution in [-0.2, 0) is 11.3 Å². The summed E-state index contributed by atoms with van der Waals surface area (Å²) in [6.45, 7) is 2.82. The first-order valence-corrected chi connectivity index (χ1v) is 12.8. The van der Waals surface area contributed by atoms with Gasteiger partial charge in [-0.2, -0.15) is 0 Å². The maximum absolute atomic E-state index is 13.0. The van der Waals surface area contributed by atoms with Crippen LogP contribution in [0.15, 0.2) is 54.6 Å². The van der Waals surface area contributed by atoms with Crippen LogP contribution >= 0.6 is 0 Å². The standard InChI is InChI=1S/C28H34N4O4/c1-36-24-9-7-20(8-10-24)19-29-27(35)30-23-17-28(18-23)15-22(16-28)26(34)32-13-11-31(12-14-32)25(33)21-5-3-2-4-6-21/h2-10,22-23H,11-19H2,1H3,(H2,29,30,35). The Balaban J connectivity index is 0.991. The Morgan fingerprint density at radius 2 is 1.53 bits per heavy atom. The molecule has 2 aromatic rings. The molecule has 190 valence electrons. The van der Waals surface area contributed by atoms with E-state index in [0.717, 1.165) is 37.0 Å². The van der Waals surface area contributed by atoms with Crippen LogP contribution in [0.1, 0.15) is 41.6 Å². The first-order valence-electron chi connectivity index (χ1n) is 12.8. The molecule has 2 N–H and O–H groups in total. The van der Waals surface area contributed by atoms with Crippen molar-refractivity contribution in [2.24, 2.45) is 11.3 Å². The molecule has 1 saturated heterocycles. The summed E-state index contributed by atoms with van der Waals surface area (Å²) >= 11 is 0. The Morgan fingerprint density at radius 3 is 2.17 bits per heavy atom. The zero-order valence-electron chi connectivity index (χ0n) is 20.7. The van der Waals surface area contributed by atoms with E-state index in [1.807, 2.05) is 64.4 Å². The Morgan fingerprint density at radius 1 is 0.889 bits per heavy atom. The van der Waals surface area contributed by atoms with E-state index in [4.69, 9.17) is 4.74 Å². The van der Waals surface area contributed by atoms with Crippen LogP contribution in [0, 0.1) is 11.3 Å². The maximum atomic E-state index is 13.0. The van der Waals surface area contributed by atoms with E-state index in [2.05, 4.69) is 10.6 Å². The van der Waals surface area contributed by atoms with Gasteiger partial charge in [0.2, 0.25) is 5.91 Å². The Labute approximate surface area is 212 Å². The van der Waals surface area contributed by atoms with Crippen LogP contribution in [0.25, 0.3) is 0 Å². The molecule has 2 aromatic carbocycles. The summed E-state index contributed by atoms with van der Waals surface area (Å²) in [6, 6.07) is 16.9. The number of amides is 4. The van der Waals surface area contributed by atoms with Crippen molar-refractivity contribution in [3.05, 3.63) is 65.7 Å². The lowest BCUT2D eigenvalue weighted by molar-refractivity contribution is -0.150. The van der Waals surface area contributed by atoms with Gasteiger partial charge in [-0.25, -0.2) is 4.79 Å². The molecule has 2 saturated carbocycles. The fraction of sp³-hybridized carbons (Fsp3) is 0.464. The Bertz CT molecular complexity index is 1080. The average molecular weight is 491 g/mol. The number of nitrogens with one attached hydrogen (secondary N) is 2. The van der Waals surface area contributed by atoms with Gasteiger partial charge in [0, 0.05) is 50.2 Å². The van der Waals surface area contributed by atoms with Gasteiger partial charge in [0.25, 0.3) is 5.91 Å². The second kappa shape index (κ2) is 10.2. The molecule has 8 nitrogen and oxygen atoms in total. The van der Waals surface area contributed by atoms with Gasteiger partial charge in [-0.1, -0.05) is 30.3 Å². The minimum Gasteiger partial charge on any atom is -0.497 e. The van der Waals surface area contributed by atoms with E-state index in [1.54, 1.807) is 7.11 Å². The number of urea groups is 1. The molecule has 1 heterocycles. The van der Waals surface area contributed by atoms with Gasteiger partial charge >= 0.3 is 6.03 Å². The molecule has 1 aliphatic heterocycles. The SMILES string of the molecule is COc1ccc(CNC(=O)NC2CC3(C2)CC(C(=O)N2CCN(C(=O)c4ccccc4)CC2)C3)cc1. The fourth-order valence-corrected chi connectivity index (χ4v) is 5.89. The molecule has 3 aliphatic rings. The first-order chi connectivity index (χ1) is 17.4. The van der Waals surface area contributed by atoms with Gasteiger partial charge in [-0.15, -0.1) is 0 Å². The second-order valence-electron chi connectivity index (χ2n) is 10.4. The highest BCUT2D eigenvalue weighted by atomic mass is 16.5. The number of piperazine rings is 1. The van der Waals surface area contributed by atoms with Crippen molar-refractivity contribution in [1.82, 2.24) is 20.4 Å². The Hall–Kier alpha value is -3.55. The van der Waals surface area contributed by atoms with Crippen molar-refractivity contribution in [2.75, 3.05) is 33.3 Å². The highest BCUT2D eigenvalue weighted by molar-refractivity contribution is 5.94. The van der Waals surface area contributed by atoms with Gasteiger partial charge in [-0.05, 0) is 60.9 Å². The molecule has 2 aliphatic carbocycles. The minimum atomic E-state index is -0.152. The normalized spacial score (nSPS) is 24.9. The summed E-state index contributed by atoms with van der Waals surface area (Å²) in [4.78, 5) is 41.7. The lowest BCUT2D eigenvalue weighted by Crippen LogP contribution is -2.60.